The van der Waals surface area contributed by atoms with Crippen LogP contribution in [0.15, 0.2) is 0 Å². The summed E-state index contributed by atoms with van der Waals surface area (Å²) >= 11 is 0. The quantitative estimate of drug-likeness (QED) is 0.215. The Labute approximate surface area is 152 Å². The molecule has 0 atom stereocenters. The van der Waals surface area contributed by atoms with Gasteiger partial charge in [0.05, 0.1) is 12.0 Å². The molecule has 0 N–H and O–H groups in total. The highest BCUT2D eigenvalue weighted by molar-refractivity contribution is 5.75. The number of hydrogen-bond donors (Lipinski definition) is 0. The zero-order valence-electron chi connectivity index (χ0n) is 17.1. The fourth-order valence-electron chi connectivity index (χ4n) is 2.85. The first kappa shape index (κ1) is 23.5. The number of carbonyl (C=O) groups is 1. The molecule has 0 fully saturated rings. The van der Waals surface area contributed by atoms with Crippen molar-refractivity contribution in [3.63, 3.8) is 0 Å². The molecule has 0 unspecified atom stereocenters. The van der Waals surface area contributed by atoms with Crippen molar-refractivity contribution >= 4 is 5.97 Å². The van der Waals surface area contributed by atoms with Gasteiger partial charge in [-0.1, -0.05) is 96.8 Å². The molecule has 0 heterocycles. The first-order chi connectivity index (χ1) is 11.5. The van der Waals surface area contributed by atoms with Gasteiger partial charge in [-0.3, -0.25) is 4.79 Å². The molecule has 0 aromatic rings. The Kier molecular flexibility index (Phi) is 15.6. The van der Waals surface area contributed by atoms with Crippen molar-refractivity contribution in [3.8, 4) is 0 Å². The van der Waals surface area contributed by atoms with Crippen LogP contribution in [0, 0.1) is 5.41 Å². The minimum atomic E-state index is -0.366. The first-order valence-electron chi connectivity index (χ1n) is 10.7. The van der Waals surface area contributed by atoms with Crippen LogP contribution < -0.4 is 0 Å². The number of esters is 1. The minimum Gasteiger partial charge on any atom is -0.465 e. The SMILES string of the molecule is CCCCCCCCCCCCCCCCCOC(=O)C(C)(C)C. The Hall–Kier alpha value is -0.530. The fraction of sp³-hybridized carbons (Fsp3) is 0.955. The second kappa shape index (κ2) is 16.0. The van der Waals surface area contributed by atoms with Gasteiger partial charge in [0.2, 0.25) is 0 Å². The zero-order chi connectivity index (χ0) is 18.1. The van der Waals surface area contributed by atoms with Gasteiger partial charge in [0.25, 0.3) is 0 Å². The van der Waals surface area contributed by atoms with Gasteiger partial charge in [0, 0.05) is 0 Å². The van der Waals surface area contributed by atoms with Crippen LogP contribution in [0.4, 0.5) is 0 Å². The van der Waals surface area contributed by atoms with Gasteiger partial charge in [0.1, 0.15) is 0 Å². The Morgan fingerprint density at radius 1 is 0.625 bits per heavy atom. The highest BCUT2D eigenvalue weighted by Crippen LogP contribution is 2.16. The van der Waals surface area contributed by atoms with Crippen molar-refractivity contribution in [2.45, 2.75) is 124 Å². The van der Waals surface area contributed by atoms with Gasteiger partial charge >= 0.3 is 5.97 Å². The van der Waals surface area contributed by atoms with E-state index < -0.39 is 0 Å². The van der Waals surface area contributed by atoms with Crippen molar-refractivity contribution in [1.82, 2.24) is 0 Å². The summed E-state index contributed by atoms with van der Waals surface area (Å²) in [5.74, 6) is -0.0761. The lowest BCUT2D eigenvalue weighted by molar-refractivity contribution is -0.153. The van der Waals surface area contributed by atoms with Crippen molar-refractivity contribution in [2.75, 3.05) is 6.61 Å². The molecule has 0 aliphatic rings. The third kappa shape index (κ3) is 16.3. The fourth-order valence-corrected chi connectivity index (χ4v) is 2.85. The normalized spacial score (nSPS) is 11.7. The van der Waals surface area contributed by atoms with Gasteiger partial charge in [-0.05, 0) is 27.2 Å². The van der Waals surface area contributed by atoms with E-state index in [0.29, 0.717) is 6.61 Å². The van der Waals surface area contributed by atoms with Crippen molar-refractivity contribution in [3.05, 3.63) is 0 Å². The lowest BCUT2D eigenvalue weighted by Crippen LogP contribution is -2.23. The van der Waals surface area contributed by atoms with E-state index in [1.807, 2.05) is 20.8 Å². The average Bonchev–Trinajstić information content (AvgIpc) is 2.53. The van der Waals surface area contributed by atoms with Gasteiger partial charge in [-0.25, -0.2) is 0 Å². The van der Waals surface area contributed by atoms with E-state index in [1.165, 1.54) is 89.9 Å². The van der Waals surface area contributed by atoms with E-state index in [1.54, 1.807) is 0 Å². The predicted molar refractivity (Wildman–Crippen MR) is 105 cm³/mol. The van der Waals surface area contributed by atoms with Crippen molar-refractivity contribution in [2.24, 2.45) is 5.41 Å². The second-order valence-corrected chi connectivity index (χ2v) is 8.34. The number of unbranched alkanes of at least 4 members (excludes halogenated alkanes) is 14. The van der Waals surface area contributed by atoms with Crippen molar-refractivity contribution < 1.29 is 9.53 Å². The van der Waals surface area contributed by atoms with E-state index >= 15 is 0 Å². The third-order valence-corrected chi connectivity index (χ3v) is 4.59. The predicted octanol–water partition coefficient (Wildman–Crippen LogP) is 7.45. The smallest absolute Gasteiger partial charge is 0.311 e. The minimum absolute atomic E-state index is 0.0761. The molecule has 0 saturated carbocycles. The highest BCUT2D eigenvalue weighted by Gasteiger charge is 2.22. The second-order valence-electron chi connectivity index (χ2n) is 8.34. The maximum Gasteiger partial charge on any atom is 0.311 e. The number of hydrogen-bond acceptors (Lipinski definition) is 2. The molecule has 0 amide bonds. The van der Waals surface area contributed by atoms with Crippen LogP contribution in [0.25, 0.3) is 0 Å². The maximum atomic E-state index is 11.6. The Bertz CT molecular complexity index is 278. The molecule has 0 aromatic heterocycles. The standard InChI is InChI=1S/C22H44O2/c1-5-6-7-8-9-10-11-12-13-14-15-16-17-18-19-20-24-21(23)22(2,3)4/h5-20H2,1-4H3. The lowest BCUT2D eigenvalue weighted by Gasteiger charge is -2.16. The van der Waals surface area contributed by atoms with E-state index in [4.69, 9.17) is 4.74 Å². The summed E-state index contributed by atoms with van der Waals surface area (Å²) in [7, 11) is 0. The summed E-state index contributed by atoms with van der Waals surface area (Å²) < 4.78 is 5.28. The van der Waals surface area contributed by atoms with Crippen LogP contribution in [0.3, 0.4) is 0 Å². The number of ether oxygens (including phenoxy) is 1. The van der Waals surface area contributed by atoms with Crippen LogP contribution in [0.1, 0.15) is 124 Å². The number of carbonyl (C=O) groups excluding carboxylic acids is 1. The molecule has 0 aliphatic heterocycles. The summed E-state index contributed by atoms with van der Waals surface area (Å²) in [5.41, 5.74) is -0.366. The van der Waals surface area contributed by atoms with E-state index in [9.17, 15) is 4.79 Å². The third-order valence-electron chi connectivity index (χ3n) is 4.59. The van der Waals surface area contributed by atoms with E-state index in [0.717, 1.165) is 6.42 Å². The molecule has 0 bridgehead atoms. The summed E-state index contributed by atoms with van der Waals surface area (Å²) in [4.78, 5) is 11.6. The Morgan fingerprint density at radius 3 is 1.29 bits per heavy atom. The summed E-state index contributed by atoms with van der Waals surface area (Å²) in [6, 6.07) is 0. The van der Waals surface area contributed by atoms with Crippen LogP contribution in [-0.4, -0.2) is 12.6 Å². The Morgan fingerprint density at radius 2 is 0.958 bits per heavy atom. The van der Waals surface area contributed by atoms with Gasteiger partial charge < -0.3 is 4.74 Å². The zero-order valence-corrected chi connectivity index (χ0v) is 17.1. The Balaban J connectivity index is 3.12. The number of rotatable bonds is 16. The first-order valence-corrected chi connectivity index (χ1v) is 10.7. The molecule has 0 radical (unpaired) electrons. The summed E-state index contributed by atoms with van der Waals surface area (Å²) in [5, 5.41) is 0. The van der Waals surface area contributed by atoms with Crippen LogP contribution in [0.5, 0.6) is 0 Å². The molecule has 2 heteroatoms. The topological polar surface area (TPSA) is 26.3 Å². The van der Waals surface area contributed by atoms with E-state index in [2.05, 4.69) is 6.92 Å². The molecule has 0 spiro atoms. The van der Waals surface area contributed by atoms with Crippen LogP contribution in [-0.2, 0) is 9.53 Å². The molecular weight excluding hydrogens is 296 g/mol. The molecule has 144 valence electrons. The van der Waals surface area contributed by atoms with Gasteiger partial charge in [0.15, 0.2) is 0 Å². The monoisotopic (exact) mass is 340 g/mol. The maximum absolute atomic E-state index is 11.6. The lowest BCUT2D eigenvalue weighted by atomic mass is 9.97. The molecule has 0 saturated heterocycles. The molecule has 2 nitrogen and oxygen atoms in total. The highest BCUT2D eigenvalue weighted by atomic mass is 16.5. The van der Waals surface area contributed by atoms with Crippen LogP contribution >= 0.6 is 0 Å². The van der Waals surface area contributed by atoms with Gasteiger partial charge in [-0.15, -0.1) is 0 Å². The van der Waals surface area contributed by atoms with Crippen LogP contribution in [0.2, 0.25) is 0 Å². The molecule has 24 heavy (non-hydrogen) atoms. The van der Waals surface area contributed by atoms with Gasteiger partial charge in [-0.2, -0.15) is 0 Å². The molecule has 0 aromatic carbocycles. The largest absolute Gasteiger partial charge is 0.465 e. The van der Waals surface area contributed by atoms with E-state index in [-0.39, 0.29) is 11.4 Å². The summed E-state index contributed by atoms with van der Waals surface area (Å²) in [6.07, 6.45) is 20.4. The summed E-state index contributed by atoms with van der Waals surface area (Å²) in [6.45, 7) is 8.58. The molecule has 0 rings (SSSR count). The van der Waals surface area contributed by atoms with Crippen molar-refractivity contribution in [1.29, 1.82) is 0 Å². The molecule has 0 aliphatic carbocycles. The molecular formula is C22H44O2. The average molecular weight is 341 g/mol.